The van der Waals surface area contributed by atoms with E-state index in [2.05, 4.69) is 20.5 Å². The van der Waals surface area contributed by atoms with Crippen molar-refractivity contribution < 1.29 is 4.79 Å². The normalized spacial score (nSPS) is 15.7. The van der Waals surface area contributed by atoms with E-state index >= 15 is 0 Å². The van der Waals surface area contributed by atoms with Gasteiger partial charge in [-0.3, -0.25) is 9.78 Å². The molecule has 110 valence electrons. The molecule has 1 aliphatic rings. The maximum atomic E-state index is 11.9. The van der Waals surface area contributed by atoms with Crippen LogP contribution in [-0.4, -0.2) is 37.1 Å². The van der Waals surface area contributed by atoms with Crippen LogP contribution in [-0.2, 0) is 4.79 Å². The summed E-state index contributed by atoms with van der Waals surface area (Å²) in [5.74, 6) is 6.54. The van der Waals surface area contributed by atoms with Crippen molar-refractivity contribution in [3.8, 4) is 11.4 Å². The Bertz CT molecular complexity index is 639. The standard InChI is InChI=1S/C13H16N6OS/c1-8(12(20)16-10-4-5-10)21-13-18-17-11(19(13)14)9-3-2-6-15-7-9/h2-3,6-8,10H,4-5,14H2,1H3,(H,16,20)/t8-/m1/s1. The van der Waals surface area contributed by atoms with Crippen LogP contribution >= 0.6 is 11.8 Å². The third-order valence-corrected chi connectivity index (χ3v) is 4.22. The molecule has 8 heteroatoms. The SMILES string of the molecule is C[C@@H](Sc1nnc(-c2cccnc2)n1N)C(=O)NC1CC1. The van der Waals surface area contributed by atoms with Gasteiger partial charge in [0, 0.05) is 24.0 Å². The lowest BCUT2D eigenvalue weighted by atomic mass is 10.3. The molecule has 3 N–H and O–H groups in total. The maximum Gasteiger partial charge on any atom is 0.233 e. The highest BCUT2D eigenvalue weighted by Crippen LogP contribution is 2.25. The zero-order chi connectivity index (χ0) is 14.8. The molecule has 1 atom stereocenters. The number of carbonyl (C=O) groups excluding carboxylic acids is 1. The Morgan fingerprint density at radius 2 is 2.33 bits per heavy atom. The largest absolute Gasteiger partial charge is 0.352 e. The molecule has 2 aromatic rings. The number of hydrogen-bond acceptors (Lipinski definition) is 6. The second-order valence-electron chi connectivity index (χ2n) is 4.96. The lowest BCUT2D eigenvalue weighted by Gasteiger charge is -2.10. The number of nitrogens with one attached hydrogen (secondary N) is 1. The monoisotopic (exact) mass is 304 g/mol. The van der Waals surface area contributed by atoms with Gasteiger partial charge in [-0.25, -0.2) is 4.68 Å². The summed E-state index contributed by atoms with van der Waals surface area (Å²) in [6.07, 6.45) is 5.49. The number of pyridine rings is 1. The number of nitrogen functional groups attached to an aromatic ring is 1. The third kappa shape index (κ3) is 3.15. The van der Waals surface area contributed by atoms with Crippen LogP contribution in [0.3, 0.4) is 0 Å². The van der Waals surface area contributed by atoms with Crippen molar-refractivity contribution in [1.82, 2.24) is 25.2 Å². The molecule has 0 spiro atoms. The Morgan fingerprint density at radius 3 is 3.00 bits per heavy atom. The van der Waals surface area contributed by atoms with Crippen molar-refractivity contribution in [3.63, 3.8) is 0 Å². The van der Waals surface area contributed by atoms with Gasteiger partial charge in [-0.15, -0.1) is 10.2 Å². The molecule has 1 aliphatic carbocycles. The Hall–Kier alpha value is -2.09. The van der Waals surface area contributed by atoms with Crippen LogP contribution < -0.4 is 11.2 Å². The molecule has 0 bridgehead atoms. The van der Waals surface area contributed by atoms with Gasteiger partial charge in [-0.05, 0) is 31.9 Å². The highest BCUT2D eigenvalue weighted by Gasteiger charge is 2.27. The Labute approximate surface area is 126 Å². The van der Waals surface area contributed by atoms with E-state index in [0.29, 0.717) is 17.0 Å². The number of amides is 1. The summed E-state index contributed by atoms with van der Waals surface area (Å²) in [7, 11) is 0. The van der Waals surface area contributed by atoms with E-state index in [0.717, 1.165) is 18.4 Å². The van der Waals surface area contributed by atoms with Crippen LogP contribution in [0.15, 0.2) is 29.7 Å². The Kier molecular flexibility index (Phi) is 3.78. The number of rotatable bonds is 5. The Morgan fingerprint density at radius 1 is 1.52 bits per heavy atom. The molecule has 1 fully saturated rings. The highest BCUT2D eigenvalue weighted by molar-refractivity contribution is 8.00. The van der Waals surface area contributed by atoms with Gasteiger partial charge in [-0.1, -0.05) is 11.8 Å². The van der Waals surface area contributed by atoms with Gasteiger partial charge < -0.3 is 11.2 Å². The second kappa shape index (κ2) is 5.72. The van der Waals surface area contributed by atoms with Gasteiger partial charge in [0.05, 0.1) is 5.25 Å². The fraction of sp³-hybridized carbons (Fsp3) is 0.385. The average Bonchev–Trinajstić information content (AvgIpc) is 3.24. The molecule has 0 saturated heterocycles. The molecule has 0 aliphatic heterocycles. The van der Waals surface area contributed by atoms with E-state index in [4.69, 9.17) is 5.84 Å². The van der Waals surface area contributed by atoms with Crippen LogP contribution in [0.25, 0.3) is 11.4 Å². The first kappa shape index (κ1) is 13.9. The first-order valence-electron chi connectivity index (χ1n) is 6.73. The minimum Gasteiger partial charge on any atom is -0.352 e. The fourth-order valence-corrected chi connectivity index (χ4v) is 2.59. The van der Waals surface area contributed by atoms with E-state index in [9.17, 15) is 4.79 Å². The van der Waals surface area contributed by atoms with Gasteiger partial charge in [-0.2, -0.15) is 0 Å². The number of hydrogen-bond donors (Lipinski definition) is 2. The minimum atomic E-state index is -0.265. The van der Waals surface area contributed by atoms with Crippen molar-refractivity contribution in [2.24, 2.45) is 0 Å². The third-order valence-electron chi connectivity index (χ3n) is 3.16. The fourth-order valence-electron chi connectivity index (χ4n) is 1.81. The van der Waals surface area contributed by atoms with Crippen molar-refractivity contribution in [3.05, 3.63) is 24.5 Å². The molecule has 1 amide bonds. The Balaban J connectivity index is 1.71. The summed E-state index contributed by atoms with van der Waals surface area (Å²) in [6.45, 7) is 1.83. The van der Waals surface area contributed by atoms with Crippen LogP contribution in [0.2, 0.25) is 0 Å². The van der Waals surface area contributed by atoms with Crippen molar-refractivity contribution in [2.45, 2.75) is 36.2 Å². The number of nitrogens with zero attached hydrogens (tertiary/aromatic N) is 4. The number of thioether (sulfide) groups is 1. The summed E-state index contributed by atoms with van der Waals surface area (Å²) in [6, 6.07) is 4.02. The van der Waals surface area contributed by atoms with Gasteiger partial charge >= 0.3 is 0 Å². The first-order chi connectivity index (χ1) is 10.1. The van der Waals surface area contributed by atoms with Crippen molar-refractivity contribution in [2.75, 3.05) is 5.84 Å². The maximum absolute atomic E-state index is 11.9. The predicted molar refractivity (Wildman–Crippen MR) is 79.9 cm³/mol. The van der Waals surface area contributed by atoms with Crippen LogP contribution in [0.5, 0.6) is 0 Å². The minimum absolute atomic E-state index is 0.00780. The van der Waals surface area contributed by atoms with E-state index < -0.39 is 0 Å². The van der Waals surface area contributed by atoms with E-state index in [1.165, 1.54) is 16.4 Å². The summed E-state index contributed by atoms with van der Waals surface area (Å²) in [4.78, 5) is 16.0. The van der Waals surface area contributed by atoms with Gasteiger partial charge in [0.2, 0.25) is 11.1 Å². The lowest BCUT2D eigenvalue weighted by Crippen LogP contribution is -2.32. The topological polar surface area (TPSA) is 98.7 Å². The molecule has 0 unspecified atom stereocenters. The van der Waals surface area contributed by atoms with E-state index in [1.54, 1.807) is 12.4 Å². The molecule has 3 rings (SSSR count). The molecule has 2 heterocycles. The molecular formula is C13H16N6OS. The lowest BCUT2D eigenvalue weighted by molar-refractivity contribution is -0.120. The summed E-state index contributed by atoms with van der Waals surface area (Å²) in [5.41, 5.74) is 0.787. The van der Waals surface area contributed by atoms with Crippen molar-refractivity contribution in [1.29, 1.82) is 0 Å². The van der Waals surface area contributed by atoms with Crippen LogP contribution in [0, 0.1) is 0 Å². The second-order valence-corrected chi connectivity index (χ2v) is 6.27. The highest BCUT2D eigenvalue weighted by atomic mass is 32.2. The molecule has 0 radical (unpaired) electrons. The molecule has 2 aromatic heterocycles. The van der Waals surface area contributed by atoms with Gasteiger partial charge in [0.1, 0.15) is 0 Å². The summed E-state index contributed by atoms with van der Waals surface area (Å²) < 4.78 is 1.39. The first-order valence-corrected chi connectivity index (χ1v) is 7.61. The molecule has 7 nitrogen and oxygen atoms in total. The molecule has 1 saturated carbocycles. The average molecular weight is 304 g/mol. The van der Waals surface area contributed by atoms with Crippen LogP contribution in [0.4, 0.5) is 0 Å². The number of aromatic nitrogens is 4. The van der Waals surface area contributed by atoms with E-state index in [-0.39, 0.29) is 11.2 Å². The molecule has 0 aromatic carbocycles. The number of nitrogens with two attached hydrogens (primary N) is 1. The predicted octanol–water partition coefficient (Wildman–Crippen LogP) is 0.813. The summed E-state index contributed by atoms with van der Waals surface area (Å²) in [5, 5.41) is 11.3. The van der Waals surface area contributed by atoms with E-state index in [1.807, 2.05) is 19.1 Å². The zero-order valence-electron chi connectivity index (χ0n) is 11.6. The zero-order valence-corrected chi connectivity index (χ0v) is 12.4. The molecule has 21 heavy (non-hydrogen) atoms. The summed E-state index contributed by atoms with van der Waals surface area (Å²) >= 11 is 1.30. The number of carbonyl (C=O) groups is 1. The van der Waals surface area contributed by atoms with Crippen LogP contribution in [0.1, 0.15) is 19.8 Å². The quantitative estimate of drug-likeness (QED) is 0.626. The van der Waals surface area contributed by atoms with Gasteiger partial charge in [0.15, 0.2) is 5.82 Å². The molecular weight excluding hydrogens is 288 g/mol. The van der Waals surface area contributed by atoms with Gasteiger partial charge in [0.25, 0.3) is 0 Å². The van der Waals surface area contributed by atoms with Crippen molar-refractivity contribution >= 4 is 17.7 Å². The smallest absolute Gasteiger partial charge is 0.233 e.